The fraction of sp³-hybridized carbons (Fsp3) is 0.351. The number of nitrogens with one attached hydrogen (secondary N) is 3. The Morgan fingerprint density at radius 1 is 0.902 bits per heavy atom. The summed E-state index contributed by atoms with van der Waals surface area (Å²) >= 11 is 0. The number of amides is 1. The van der Waals surface area contributed by atoms with Gasteiger partial charge in [0.2, 0.25) is 16.0 Å². The van der Waals surface area contributed by atoms with E-state index in [1.165, 1.54) is 22.6 Å². The SMILES string of the molecule is O=C(NC1CC1)c1ccnc(C#Cc2ccc(Nc3ncc(-c4ccc(S(=O)(=O)N5CCOCC5)cc4F)c(NC4CCC(O)CC4)n3)cc2)c1. The van der Waals surface area contributed by atoms with Gasteiger partial charge in [-0.15, -0.1) is 0 Å². The number of pyridine rings is 1. The molecule has 2 aromatic carbocycles. The molecule has 2 aliphatic carbocycles. The van der Waals surface area contributed by atoms with Gasteiger partial charge < -0.3 is 25.8 Å². The van der Waals surface area contributed by atoms with Crippen LogP contribution in [0, 0.1) is 17.7 Å². The van der Waals surface area contributed by atoms with Crippen LogP contribution in [-0.4, -0.2) is 83.2 Å². The van der Waals surface area contributed by atoms with Gasteiger partial charge >= 0.3 is 0 Å². The van der Waals surface area contributed by atoms with Gasteiger partial charge in [0.15, 0.2) is 0 Å². The molecule has 4 N–H and O–H groups in total. The zero-order valence-electron chi connectivity index (χ0n) is 27.8. The van der Waals surface area contributed by atoms with Crippen LogP contribution in [0.2, 0.25) is 0 Å². The number of aliphatic hydroxyl groups excluding tert-OH is 1. The van der Waals surface area contributed by atoms with E-state index in [4.69, 9.17) is 9.72 Å². The first-order chi connectivity index (χ1) is 24.7. The van der Waals surface area contributed by atoms with Crippen molar-refractivity contribution in [2.24, 2.45) is 0 Å². The minimum Gasteiger partial charge on any atom is -0.393 e. The number of morpholine rings is 1. The average Bonchev–Trinajstić information content (AvgIpc) is 3.97. The number of ether oxygens (including phenoxy) is 1. The van der Waals surface area contributed by atoms with Crippen LogP contribution in [0.3, 0.4) is 0 Å². The molecule has 3 heterocycles. The van der Waals surface area contributed by atoms with Gasteiger partial charge in [-0.1, -0.05) is 5.92 Å². The summed E-state index contributed by atoms with van der Waals surface area (Å²) in [5.41, 5.74) is 2.99. The molecule has 14 heteroatoms. The number of aliphatic hydroxyl groups is 1. The number of sulfonamides is 1. The lowest BCUT2D eigenvalue weighted by atomic mass is 9.93. The minimum atomic E-state index is -3.88. The Bertz CT molecular complexity index is 2070. The zero-order valence-corrected chi connectivity index (χ0v) is 28.6. The Morgan fingerprint density at radius 2 is 1.65 bits per heavy atom. The number of hydrogen-bond acceptors (Lipinski definition) is 10. The van der Waals surface area contributed by atoms with E-state index in [1.54, 1.807) is 18.3 Å². The quantitative estimate of drug-likeness (QED) is 0.183. The van der Waals surface area contributed by atoms with E-state index < -0.39 is 15.8 Å². The Hall–Kier alpha value is -4.94. The van der Waals surface area contributed by atoms with Crippen molar-refractivity contribution >= 4 is 33.4 Å². The number of anilines is 3. The highest BCUT2D eigenvalue weighted by Gasteiger charge is 2.28. The minimum absolute atomic E-state index is 0.000412. The van der Waals surface area contributed by atoms with Crippen LogP contribution < -0.4 is 16.0 Å². The maximum absolute atomic E-state index is 15.7. The van der Waals surface area contributed by atoms with Crippen LogP contribution in [0.4, 0.5) is 21.8 Å². The van der Waals surface area contributed by atoms with E-state index in [2.05, 4.69) is 37.8 Å². The predicted molar refractivity (Wildman–Crippen MR) is 189 cm³/mol. The number of rotatable bonds is 9. The molecule has 51 heavy (non-hydrogen) atoms. The third-order valence-corrected chi connectivity index (χ3v) is 11.0. The van der Waals surface area contributed by atoms with Crippen molar-refractivity contribution in [2.45, 2.75) is 61.6 Å². The van der Waals surface area contributed by atoms with Gasteiger partial charge in [0, 0.05) is 65.5 Å². The first-order valence-corrected chi connectivity index (χ1v) is 18.5. The predicted octanol–water partition coefficient (Wildman–Crippen LogP) is 4.45. The summed E-state index contributed by atoms with van der Waals surface area (Å²) in [5.74, 6) is 5.92. The summed E-state index contributed by atoms with van der Waals surface area (Å²) in [6.45, 7) is 1.00. The second-order valence-corrected chi connectivity index (χ2v) is 14.8. The summed E-state index contributed by atoms with van der Waals surface area (Å²) in [4.78, 5) is 25.7. The summed E-state index contributed by atoms with van der Waals surface area (Å²) in [7, 11) is -3.88. The van der Waals surface area contributed by atoms with Crippen LogP contribution >= 0.6 is 0 Å². The van der Waals surface area contributed by atoms with Crippen molar-refractivity contribution in [3.05, 3.63) is 89.6 Å². The molecule has 3 fully saturated rings. The summed E-state index contributed by atoms with van der Waals surface area (Å²) in [5, 5.41) is 19.6. The molecule has 7 rings (SSSR count). The highest BCUT2D eigenvalue weighted by atomic mass is 32.2. The van der Waals surface area contributed by atoms with Crippen molar-refractivity contribution in [3.63, 3.8) is 0 Å². The molecule has 2 aromatic heterocycles. The van der Waals surface area contributed by atoms with Gasteiger partial charge in [-0.25, -0.2) is 22.8 Å². The Morgan fingerprint density at radius 3 is 2.37 bits per heavy atom. The molecule has 1 amide bonds. The first-order valence-electron chi connectivity index (χ1n) is 17.1. The number of aromatic nitrogens is 3. The first kappa shape index (κ1) is 34.5. The lowest BCUT2D eigenvalue weighted by Gasteiger charge is -2.27. The third-order valence-electron chi connectivity index (χ3n) is 9.08. The largest absolute Gasteiger partial charge is 0.393 e. The van der Waals surface area contributed by atoms with E-state index >= 15 is 4.39 Å². The van der Waals surface area contributed by atoms with E-state index in [1.807, 2.05) is 24.3 Å². The molecule has 1 saturated heterocycles. The van der Waals surface area contributed by atoms with Crippen LogP contribution in [0.5, 0.6) is 0 Å². The molecule has 12 nitrogen and oxygen atoms in total. The highest BCUT2D eigenvalue weighted by molar-refractivity contribution is 7.89. The average molecular weight is 712 g/mol. The zero-order chi connectivity index (χ0) is 35.4. The van der Waals surface area contributed by atoms with Gasteiger partial charge in [0.25, 0.3) is 5.91 Å². The van der Waals surface area contributed by atoms with Gasteiger partial charge in [-0.05, 0) is 99.0 Å². The highest BCUT2D eigenvalue weighted by Crippen LogP contribution is 2.33. The van der Waals surface area contributed by atoms with E-state index in [9.17, 15) is 18.3 Å². The molecule has 3 aliphatic rings. The number of hydrogen-bond donors (Lipinski definition) is 4. The number of carbonyl (C=O) groups excluding carboxylic acids is 1. The normalized spacial score (nSPS) is 19.4. The van der Waals surface area contributed by atoms with Crippen LogP contribution in [-0.2, 0) is 14.8 Å². The molecule has 1 aliphatic heterocycles. The number of nitrogens with zero attached hydrogens (tertiary/aromatic N) is 4. The Balaban J connectivity index is 1.09. The van der Waals surface area contributed by atoms with Gasteiger partial charge in [-0.3, -0.25) is 4.79 Å². The Kier molecular flexibility index (Phi) is 10.2. The van der Waals surface area contributed by atoms with Crippen molar-refractivity contribution in [2.75, 3.05) is 36.9 Å². The van der Waals surface area contributed by atoms with Crippen LogP contribution in [0.1, 0.15) is 60.1 Å². The molecule has 0 bridgehead atoms. The maximum atomic E-state index is 15.7. The van der Waals surface area contributed by atoms with Crippen molar-refractivity contribution in [3.8, 4) is 23.0 Å². The monoisotopic (exact) mass is 711 g/mol. The third kappa shape index (κ3) is 8.51. The molecule has 0 spiro atoms. The standard InChI is InChI=1S/C37H38FN7O5S/c38-34-22-31(51(48,49)45-17-19-50-20-18-45)13-14-32(34)33-23-40-37(44-35(33)41-26-9-11-30(46)12-10-26)43-28-4-1-24(2-5-28)3-6-29-21-25(15-16-39-29)36(47)42-27-7-8-27/h1-2,4-5,13-16,21-23,26-27,30,46H,7-12,17-20H2,(H,42,47)(H2,40,41,43,44). The van der Waals surface area contributed by atoms with E-state index in [0.29, 0.717) is 54.0 Å². The number of halogens is 1. The van der Waals surface area contributed by atoms with E-state index in [0.717, 1.165) is 24.5 Å². The molecular weight excluding hydrogens is 674 g/mol. The molecule has 0 radical (unpaired) electrons. The topological polar surface area (TPSA) is 159 Å². The number of carbonyl (C=O) groups is 1. The van der Waals surface area contributed by atoms with Gasteiger partial charge in [0.05, 0.1) is 24.2 Å². The lowest BCUT2D eigenvalue weighted by molar-refractivity contribution is 0.0730. The smallest absolute Gasteiger partial charge is 0.251 e. The molecule has 264 valence electrons. The fourth-order valence-corrected chi connectivity index (χ4v) is 7.43. The fourth-order valence-electron chi connectivity index (χ4n) is 6.01. The van der Waals surface area contributed by atoms with Crippen molar-refractivity contribution in [1.29, 1.82) is 0 Å². The van der Waals surface area contributed by atoms with Gasteiger partial charge in [0.1, 0.15) is 17.3 Å². The van der Waals surface area contributed by atoms with Crippen LogP contribution in [0.15, 0.2) is 71.9 Å². The molecular formula is C37H38FN7O5S. The van der Waals surface area contributed by atoms with E-state index in [-0.39, 0.29) is 66.8 Å². The summed E-state index contributed by atoms with van der Waals surface area (Å²) in [6.07, 6.45) is 7.45. The summed E-state index contributed by atoms with van der Waals surface area (Å²) < 4.78 is 48.6. The van der Waals surface area contributed by atoms with Crippen molar-refractivity contribution < 1.29 is 27.4 Å². The molecule has 0 atom stereocenters. The molecule has 4 aromatic rings. The second-order valence-electron chi connectivity index (χ2n) is 12.9. The molecule has 2 saturated carbocycles. The Labute approximate surface area is 295 Å². The number of benzene rings is 2. The lowest BCUT2D eigenvalue weighted by Crippen LogP contribution is -2.40. The van der Waals surface area contributed by atoms with Crippen molar-refractivity contribution in [1.82, 2.24) is 24.6 Å². The molecule has 0 unspecified atom stereocenters. The van der Waals surface area contributed by atoms with Crippen LogP contribution in [0.25, 0.3) is 11.1 Å². The van der Waals surface area contributed by atoms with Gasteiger partial charge in [-0.2, -0.15) is 9.29 Å². The second kappa shape index (κ2) is 15.1. The summed E-state index contributed by atoms with van der Waals surface area (Å²) in [6, 6.07) is 14.8. The maximum Gasteiger partial charge on any atom is 0.251 e.